The predicted molar refractivity (Wildman–Crippen MR) is 96.1 cm³/mol. The minimum atomic E-state index is -0.768. The highest BCUT2D eigenvalue weighted by atomic mass is 16.4. The molecule has 0 saturated carbocycles. The molecular formula is C20H34O2. The summed E-state index contributed by atoms with van der Waals surface area (Å²) in [5, 5.41) is 8.47. The van der Waals surface area contributed by atoms with E-state index >= 15 is 0 Å². The van der Waals surface area contributed by atoms with E-state index in [1.165, 1.54) is 57.8 Å². The monoisotopic (exact) mass is 306 g/mol. The average molecular weight is 306 g/mol. The Hall–Kier alpha value is -1.31. The van der Waals surface area contributed by atoms with Gasteiger partial charge in [0.1, 0.15) is 0 Å². The Morgan fingerprint density at radius 1 is 0.727 bits per heavy atom. The Balaban J connectivity index is 3.22. The molecule has 0 radical (unpaired) electrons. The molecule has 0 aliphatic heterocycles. The smallest absolute Gasteiger partial charge is 0.307 e. The van der Waals surface area contributed by atoms with E-state index in [0.717, 1.165) is 12.8 Å². The molecule has 0 unspecified atom stereocenters. The average Bonchev–Trinajstić information content (AvgIpc) is 2.50. The summed E-state index contributed by atoms with van der Waals surface area (Å²) in [6, 6.07) is 0. The number of unbranched alkanes of at least 4 members (excludes halogenated alkanes) is 8. The molecule has 0 aliphatic carbocycles. The topological polar surface area (TPSA) is 37.3 Å². The lowest BCUT2D eigenvalue weighted by molar-refractivity contribution is -0.136. The number of aliphatic carboxylic acids is 1. The minimum Gasteiger partial charge on any atom is -0.481 e. The number of allylic oxidation sites excluding steroid dienone is 5. The first-order valence-corrected chi connectivity index (χ1v) is 8.94. The molecule has 0 heterocycles. The Morgan fingerprint density at radius 2 is 1.23 bits per heavy atom. The summed E-state index contributed by atoms with van der Waals surface area (Å²) >= 11 is 0. The molecule has 0 aliphatic rings. The zero-order valence-electron chi connectivity index (χ0n) is 14.3. The molecule has 126 valence electrons. The summed E-state index contributed by atoms with van der Waals surface area (Å²) in [7, 11) is 0. The van der Waals surface area contributed by atoms with Crippen LogP contribution in [0.1, 0.15) is 84.0 Å². The van der Waals surface area contributed by atoms with Gasteiger partial charge < -0.3 is 5.11 Å². The van der Waals surface area contributed by atoms with Crippen molar-refractivity contribution in [3.05, 3.63) is 36.5 Å². The van der Waals surface area contributed by atoms with E-state index in [9.17, 15) is 4.79 Å². The van der Waals surface area contributed by atoms with Crippen LogP contribution in [0.5, 0.6) is 0 Å². The van der Waals surface area contributed by atoms with E-state index in [4.69, 9.17) is 5.11 Å². The van der Waals surface area contributed by atoms with Gasteiger partial charge in [0.05, 0.1) is 6.42 Å². The summed E-state index contributed by atoms with van der Waals surface area (Å²) < 4.78 is 0. The Morgan fingerprint density at radius 3 is 1.77 bits per heavy atom. The van der Waals surface area contributed by atoms with Crippen LogP contribution in [0.3, 0.4) is 0 Å². The van der Waals surface area contributed by atoms with Crippen molar-refractivity contribution in [1.82, 2.24) is 0 Å². The Labute approximate surface area is 137 Å². The number of carboxylic acid groups (broad SMARTS) is 1. The van der Waals surface area contributed by atoms with Crippen LogP contribution in [0.4, 0.5) is 0 Å². The Bertz CT molecular complexity index is 327. The molecule has 0 aromatic heterocycles. The second-order valence-electron chi connectivity index (χ2n) is 5.74. The van der Waals surface area contributed by atoms with E-state index < -0.39 is 5.97 Å². The van der Waals surface area contributed by atoms with Gasteiger partial charge in [-0.05, 0) is 44.9 Å². The van der Waals surface area contributed by atoms with Crippen molar-refractivity contribution in [3.8, 4) is 0 Å². The predicted octanol–water partition coefficient (Wildman–Crippen LogP) is 6.44. The van der Waals surface area contributed by atoms with Crippen molar-refractivity contribution in [2.24, 2.45) is 0 Å². The van der Waals surface area contributed by atoms with Crippen molar-refractivity contribution in [2.75, 3.05) is 0 Å². The number of carboxylic acids is 1. The van der Waals surface area contributed by atoms with Crippen LogP contribution < -0.4 is 0 Å². The van der Waals surface area contributed by atoms with Gasteiger partial charge in [0, 0.05) is 0 Å². The van der Waals surface area contributed by atoms with E-state index in [0.29, 0.717) is 0 Å². The van der Waals surface area contributed by atoms with Gasteiger partial charge in [-0.3, -0.25) is 4.79 Å². The van der Waals surface area contributed by atoms with E-state index in [1.54, 1.807) is 6.08 Å². The zero-order valence-corrected chi connectivity index (χ0v) is 14.3. The van der Waals surface area contributed by atoms with Crippen LogP contribution >= 0.6 is 0 Å². The third-order valence-electron chi connectivity index (χ3n) is 3.53. The lowest BCUT2D eigenvalue weighted by Gasteiger charge is -1.97. The molecule has 2 heteroatoms. The normalized spacial score (nSPS) is 12.0. The standard InChI is InChI=1S/C20H34O2/c1-2-3-4-5-6-7-8-9-10-11-12-13-14-15-16-17-18-19-20(21)22/h6-7,14-15,17-18H,2-5,8-13,16,19H2,1H3,(H,21,22)/b7-6+,15-14+,18-17+. The van der Waals surface area contributed by atoms with E-state index in [1.807, 2.05) is 6.08 Å². The summed E-state index contributed by atoms with van der Waals surface area (Å²) in [4.78, 5) is 10.3. The van der Waals surface area contributed by atoms with Gasteiger partial charge in [-0.1, -0.05) is 69.1 Å². The molecule has 0 bridgehead atoms. The van der Waals surface area contributed by atoms with Crippen LogP contribution in [-0.4, -0.2) is 11.1 Å². The molecule has 2 nitrogen and oxygen atoms in total. The van der Waals surface area contributed by atoms with Crippen LogP contribution in [0.25, 0.3) is 0 Å². The van der Waals surface area contributed by atoms with Crippen molar-refractivity contribution in [1.29, 1.82) is 0 Å². The molecule has 0 saturated heterocycles. The maximum absolute atomic E-state index is 10.3. The van der Waals surface area contributed by atoms with Crippen molar-refractivity contribution in [3.63, 3.8) is 0 Å². The lowest BCUT2D eigenvalue weighted by atomic mass is 10.1. The molecule has 0 aromatic rings. The highest BCUT2D eigenvalue weighted by molar-refractivity contribution is 5.68. The van der Waals surface area contributed by atoms with Crippen LogP contribution in [0, 0.1) is 0 Å². The van der Waals surface area contributed by atoms with Crippen molar-refractivity contribution in [2.45, 2.75) is 84.0 Å². The fourth-order valence-corrected chi connectivity index (χ4v) is 2.20. The largest absolute Gasteiger partial charge is 0.481 e. The molecule has 0 fully saturated rings. The number of hydrogen-bond donors (Lipinski definition) is 1. The van der Waals surface area contributed by atoms with E-state index in [2.05, 4.69) is 31.2 Å². The Kier molecular flexibility index (Phi) is 16.7. The summed E-state index contributed by atoms with van der Waals surface area (Å²) in [6.45, 7) is 2.25. The lowest BCUT2D eigenvalue weighted by Crippen LogP contribution is -1.89. The van der Waals surface area contributed by atoms with Crippen LogP contribution in [0.2, 0.25) is 0 Å². The third kappa shape index (κ3) is 18.7. The molecular weight excluding hydrogens is 272 g/mol. The highest BCUT2D eigenvalue weighted by Gasteiger charge is 1.89. The second kappa shape index (κ2) is 17.7. The molecule has 0 aromatic carbocycles. The maximum atomic E-state index is 10.3. The summed E-state index contributed by atoms with van der Waals surface area (Å²) in [5.74, 6) is -0.768. The van der Waals surface area contributed by atoms with Gasteiger partial charge in [0.2, 0.25) is 0 Å². The van der Waals surface area contributed by atoms with Crippen LogP contribution in [0.15, 0.2) is 36.5 Å². The summed E-state index contributed by atoms with van der Waals surface area (Å²) in [5.41, 5.74) is 0. The SMILES string of the molecule is CCCCC/C=C/CCCCCC/C=C/C/C=C/CC(=O)O. The van der Waals surface area contributed by atoms with Gasteiger partial charge in [-0.2, -0.15) is 0 Å². The molecule has 0 amide bonds. The quantitative estimate of drug-likeness (QED) is 0.279. The van der Waals surface area contributed by atoms with Gasteiger partial charge in [0.25, 0.3) is 0 Å². The van der Waals surface area contributed by atoms with Crippen LogP contribution in [-0.2, 0) is 4.79 Å². The number of hydrogen-bond acceptors (Lipinski definition) is 1. The highest BCUT2D eigenvalue weighted by Crippen LogP contribution is 2.07. The third-order valence-corrected chi connectivity index (χ3v) is 3.53. The second-order valence-corrected chi connectivity index (χ2v) is 5.74. The molecule has 22 heavy (non-hydrogen) atoms. The fraction of sp³-hybridized carbons (Fsp3) is 0.650. The first-order chi connectivity index (χ1) is 10.8. The maximum Gasteiger partial charge on any atom is 0.307 e. The molecule has 1 N–H and O–H groups in total. The number of carbonyl (C=O) groups is 1. The zero-order chi connectivity index (χ0) is 16.3. The molecule has 0 atom stereocenters. The first kappa shape index (κ1) is 20.7. The van der Waals surface area contributed by atoms with Gasteiger partial charge >= 0.3 is 5.97 Å². The summed E-state index contributed by atoms with van der Waals surface area (Å²) in [6.07, 6.45) is 26.4. The van der Waals surface area contributed by atoms with E-state index in [-0.39, 0.29) is 6.42 Å². The fourth-order valence-electron chi connectivity index (χ4n) is 2.20. The molecule has 0 spiro atoms. The number of rotatable bonds is 15. The van der Waals surface area contributed by atoms with Crippen molar-refractivity contribution < 1.29 is 9.90 Å². The minimum absolute atomic E-state index is 0.126. The van der Waals surface area contributed by atoms with Gasteiger partial charge in [-0.15, -0.1) is 0 Å². The van der Waals surface area contributed by atoms with Gasteiger partial charge in [-0.25, -0.2) is 0 Å². The van der Waals surface area contributed by atoms with Crippen molar-refractivity contribution >= 4 is 5.97 Å². The molecule has 0 rings (SSSR count). The van der Waals surface area contributed by atoms with Gasteiger partial charge in [0.15, 0.2) is 0 Å². The first-order valence-electron chi connectivity index (χ1n) is 8.94.